The van der Waals surface area contributed by atoms with E-state index >= 15 is 0 Å². The fraction of sp³-hybridized carbons (Fsp3) is 0.429. The van der Waals surface area contributed by atoms with Gasteiger partial charge in [-0.15, -0.1) is 0 Å². The summed E-state index contributed by atoms with van der Waals surface area (Å²) in [5, 5.41) is 14.6. The highest BCUT2D eigenvalue weighted by molar-refractivity contribution is 5.91. The first-order chi connectivity index (χ1) is 9.28. The van der Waals surface area contributed by atoms with Gasteiger partial charge in [-0.05, 0) is 31.9 Å². The van der Waals surface area contributed by atoms with Crippen molar-refractivity contribution in [3.8, 4) is 11.8 Å². The van der Waals surface area contributed by atoms with Crippen LogP contribution in [0.5, 0.6) is 0 Å². The third kappa shape index (κ3) is 6.07. The Morgan fingerprint density at radius 1 is 1.30 bits per heavy atom. The number of hydrogen-bond acceptors (Lipinski definition) is 4. The van der Waals surface area contributed by atoms with Gasteiger partial charge >= 0.3 is 0 Å². The molecule has 1 rings (SSSR count). The van der Waals surface area contributed by atoms with Gasteiger partial charge in [0.1, 0.15) is 5.60 Å². The Kier molecular flexibility index (Phi) is 5.35. The molecule has 0 aromatic carbocycles. The second-order valence-corrected chi connectivity index (χ2v) is 4.71. The molecule has 2 amide bonds. The van der Waals surface area contributed by atoms with Crippen LogP contribution in [0.3, 0.4) is 0 Å². The molecule has 1 heterocycles. The zero-order valence-corrected chi connectivity index (χ0v) is 11.7. The molecule has 20 heavy (non-hydrogen) atoms. The number of rotatable bonds is 4. The van der Waals surface area contributed by atoms with Crippen molar-refractivity contribution in [1.82, 2.24) is 10.6 Å². The van der Waals surface area contributed by atoms with E-state index in [1.54, 1.807) is 19.9 Å². The number of carbonyl (C=O) groups excluding carboxylic acids is 2. The summed E-state index contributed by atoms with van der Waals surface area (Å²) in [6.07, 6.45) is 0. The predicted octanol–water partition coefficient (Wildman–Crippen LogP) is 0.268. The van der Waals surface area contributed by atoms with Crippen LogP contribution in [0.2, 0.25) is 0 Å². The third-order valence-electron chi connectivity index (χ3n) is 2.11. The van der Waals surface area contributed by atoms with Crippen LogP contribution in [0, 0.1) is 11.8 Å². The zero-order valence-electron chi connectivity index (χ0n) is 11.7. The molecule has 0 saturated heterocycles. The van der Waals surface area contributed by atoms with E-state index in [1.807, 2.05) is 0 Å². The van der Waals surface area contributed by atoms with Crippen molar-refractivity contribution in [3.63, 3.8) is 0 Å². The van der Waals surface area contributed by atoms with Crippen molar-refractivity contribution in [1.29, 1.82) is 0 Å². The number of nitrogens with one attached hydrogen (secondary N) is 2. The van der Waals surface area contributed by atoms with E-state index in [0.29, 0.717) is 18.8 Å². The third-order valence-corrected chi connectivity index (χ3v) is 2.11. The lowest BCUT2D eigenvalue weighted by atomic mass is 10.1. The lowest BCUT2D eigenvalue weighted by Gasteiger charge is -2.05. The normalized spacial score (nSPS) is 10.4. The van der Waals surface area contributed by atoms with Gasteiger partial charge in [0.15, 0.2) is 11.5 Å². The van der Waals surface area contributed by atoms with Crippen molar-refractivity contribution in [2.45, 2.75) is 26.4 Å². The topological polar surface area (TPSA) is 91.6 Å². The molecule has 0 bridgehead atoms. The molecule has 0 aliphatic heterocycles. The van der Waals surface area contributed by atoms with Gasteiger partial charge in [0, 0.05) is 20.0 Å². The van der Waals surface area contributed by atoms with Crippen LogP contribution < -0.4 is 10.6 Å². The van der Waals surface area contributed by atoms with Gasteiger partial charge in [0.2, 0.25) is 5.91 Å². The minimum absolute atomic E-state index is 0.132. The first-order valence-corrected chi connectivity index (χ1v) is 6.16. The largest absolute Gasteiger partial charge is 0.443 e. The van der Waals surface area contributed by atoms with Gasteiger partial charge in [-0.3, -0.25) is 9.59 Å². The summed E-state index contributed by atoms with van der Waals surface area (Å²) >= 11 is 0. The Morgan fingerprint density at radius 2 is 1.95 bits per heavy atom. The fourth-order valence-corrected chi connectivity index (χ4v) is 1.24. The molecular weight excluding hydrogens is 260 g/mol. The summed E-state index contributed by atoms with van der Waals surface area (Å²) in [6.45, 7) is 5.18. The van der Waals surface area contributed by atoms with Crippen LogP contribution in [0.4, 0.5) is 0 Å². The monoisotopic (exact) mass is 278 g/mol. The van der Waals surface area contributed by atoms with E-state index in [9.17, 15) is 14.7 Å². The molecule has 0 fully saturated rings. The molecule has 6 heteroatoms. The maximum atomic E-state index is 11.7. The quantitative estimate of drug-likeness (QED) is 0.544. The van der Waals surface area contributed by atoms with E-state index < -0.39 is 5.60 Å². The predicted molar refractivity (Wildman–Crippen MR) is 72.9 cm³/mol. The zero-order chi connectivity index (χ0) is 15.2. The molecule has 0 aliphatic carbocycles. The van der Waals surface area contributed by atoms with E-state index in [0.717, 1.165) is 0 Å². The summed E-state index contributed by atoms with van der Waals surface area (Å²) in [6, 6.07) is 3.06. The molecule has 3 N–H and O–H groups in total. The summed E-state index contributed by atoms with van der Waals surface area (Å²) < 4.78 is 5.23. The van der Waals surface area contributed by atoms with Crippen molar-refractivity contribution < 1.29 is 19.1 Å². The van der Waals surface area contributed by atoms with Crippen molar-refractivity contribution in [2.75, 3.05) is 13.1 Å². The standard InChI is InChI=1S/C14H18N2O4/c1-10(17)15-8-9-16-13(18)12-5-4-11(20-12)6-7-14(2,3)19/h4-5,19H,8-9H2,1-3H3,(H,15,17)(H,16,18). The number of furan rings is 1. The number of hydrogen-bond donors (Lipinski definition) is 3. The Morgan fingerprint density at radius 3 is 2.55 bits per heavy atom. The summed E-state index contributed by atoms with van der Waals surface area (Å²) in [4.78, 5) is 22.3. The van der Waals surface area contributed by atoms with Crippen LogP contribution >= 0.6 is 0 Å². The average Bonchev–Trinajstić information content (AvgIpc) is 2.79. The Balaban J connectivity index is 2.52. The van der Waals surface area contributed by atoms with E-state index in [-0.39, 0.29) is 17.6 Å². The van der Waals surface area contributed by atoms with Crippen molar-refractivity contribution in [3.05, 3.63) is 23.7 Å². The molecule has 0 atom stereocenters. The molecular formula is C14H18N2O4. The van der Waals surface area contributed by atoms with Gasteiger partial charge in [-0.25, -0.2) is 0 Å². The smallest absolute Gasteiger partial charge is 0.287 e. The number of amides is 2. The summed E-state index contributed by atoms with van der Waals surface area (Å²) in [5.74, 6) is 5.13. The van der Waals surface area contributed by atoms with Gasteiger partial charge in [0.25, 0.3) is 5.91 Å². The molecule has 6 nitrogen and oxygen atoms in total. The maximum Gasteiger partial charge on any atom is 0.287 e. The molecule has 0 radical (unpaired) electrons. The van der Waals surface area contributed by atoms with Gasteiger partial charge < -0.3 is 20.2 Å². The van der Waals surface area contributed by atoms with Gasteiger partial charge in [-0.1, -0.05) is 5.92 Å². The van der Waals surface area contributed by atoms with Crippen LogP contribution in [-0.2, 0) is 4.79 Å². The summed E-state index contributed by atoms with van der Waals surface area (Å²) in [7, 11) is 0. The first-order valence-electron chi connectivity index (χ1n) is 6.16. The van der Waals surface area contributed by atoms with E-state index in [2.05, 4.69) is 22.5 Å². The highest BCUT2D eigenvalue weighted by Crippen LogP contribution is 2.07. The first kappa shape index (κ1) is 15.8. The SMILES string of the molecule is CC(=O)NCCNC(=O)c1ccc(C#CC(C)(C)O)o1. The van der Waals surface area contributed by atoms with Crippen molar-refractivity contribution in [2.24, 2.45) is 0 Å². The Hall–Kier alpha value is -2.26. The van der Waals surface area contributed by atoms with Gasteiger partial charge in [0.05, 0.1) is 0 Å². The molecule has 0 aliphatic rings. The average molecular weight is 278 g/mol. The van der Waals surface area contributed by atoms with Crippen LogP contribution in [0.1, 0.15) is 37.1 Å². The lowest BCUT2D eigenvalue weighted by Crippen LogP contribution is -2.33. The minimum Gasteiger partial charge on any atom is -0.443 e. The molecule has 1 aromatic rings. The molecule has 0 unspecified atom stereocenters. The van der Waals surface area contributed by atoms with Crippen molar-refractivity contribution >= 4 is 11.8 Å². The number of aliphatic hydroxyl groups is 1. The minimum atomic E-state index is -1.12. The lowest BCUT2D eigenvalue weighted by molar-refractivity contribution is -0.118. The number of carbonyl (C=O) groups is 2. The Labute approximate surface area is 117 Å². The van der Waals surface area contributed by atoms with Crippen LogP contribution in [-0.4, -0.2) is 35.6 Å². The molecule has 108 valence electrons. The Bertz CT molecular complexity index is 544. The molecule has 1 aromatic heterocycles. The summed E-state index contributed by atoms with van der Waals surface area (Å²) in [5.41, 5.74) is -1.12. The molecule has 0 saturated carbocycles. The van der Waals surface area contributed by atoms with Gasteiger partial charge in [-0.2, -0.15) is 0 Å². The van der Waals surface area contributed by atoms with Crippen LogP contribution in [0.15, 0.2) is 16.5 Å². The second kappa shape index (κ2) is 6.78. The second-order valence-electron chi connectivity index (χ2n) is 4.71. The van der Waals surface area contributed by atoms with Crippen LogP contribution in [0.25, 0.3) is 0 Å². The highest BCUT2D eigenvalue weighted by atomic mass is 16.3. The van der Waals surface area contributed by atoms with E-state index in [4.69, 9.17) is 4.42 Å². The fourth-order valence-electron chi connectivity index (χ4n) is 1.24. The van der Waals surface area contributed by atoms with E-state index in [1.165, 1.54) is 13.0 Å². The molecule has 0 spiro atoms. The maximum absolute atomic E-state index is 11.7. The highest BCUT2D eigenvalue weighted by Gasteiger charge is 2.10.